The third-order valence-corrected chi connectivity index (χ3v) is 12.7. The molecule has 0 aliphatic rings. The number of para-hydroxylation sites is 1. The fourth-order valence-electron chi connectivity index (χ4n) is 2.63. The lowest BCUT2D eigenvalue weighted by Gasteiger charge is -2.34. The maximum atomic E-state index is 6.29. The van der Waals surface area contributed by atoms with E-state index in [4.69, 9.17) is 4.43 Å². The van der Waals surface area contributed by atoms with E-state index in [9.17, 15) is 0 Å². The number of hydrogen-bond acceptors (Lipinski definition) is 1. The maximum Gasteiger partial charge on any atom is 0.245 e. The van der Waals surface area contributed by atoms with Gasteiger partial charge in [0, 0.05) is 8.80 Å². The average molecular weight is 253 g/mol. The minimum atomic E-state index is -1.57. The standard InChI is InChI=1S/C13H24OSi2/c1-6-13(15(2)3)16(4,5)14-12-10-8-7-9-11-12/h7-11,13,15H,6H2,1-5H3. The summed E-state index contributed by atoms with van der Waals surface area (Å²) < 4.78 is 6.29. The van der Waals surface area contributed by atoms with E-state index in [0.717, 1.165) is 10.9 Å². The van der Waals surface area contributed by atoms with Crippen LogP contribution in [0.3, 0.4) is 0 Å². The van der Waals surface area contributed by atoms with E-state index in [1.54, 1.807) is 0 Å². The Hall–Kier alpha value is -0.546. The molecule has 0 amide bonds. The van der Waals surface area contributed by atoms with Crippen molar-refractivity contribution in [3.8, 4) is 5.75 Å². The van der Waals surface area contributed by atoms with Crippen LogP contribution in [0, 0.1) is 0 Å². The molecule has 1 aromatic carbocycles. The predicted octanol–water partition coefficient (Wildman–Crippen LogP) is 4.08. The van der Waals surface area contributed by atoms with Gasteiger partial charge in [-0.25, -0.2) is 0 Å². The molecule has 0 fully saturated rings. The first kappa shape index (κ1) is 13.5. The van der Waals surface area contributed by atoms with Gasteiger partial charge in [0.05, 0.1) is 0 Å². The molecule has 0 saturated carbocycles. The zero-order valence-corrected chi connectivity index (χ0v) is 13.3. The predicted molar refractivity (Wildman–Crippen MR) is 77.5 cm³/mol. The Kier molecular flexibility index (Phi) is 4.80. The van der Waals surface area contributed by atoms with Gasteiger partial charge in [-0.3, -0.25) is 0 Å². The van der Waals surface area contributed by atoms with Crippen LogP contribution >= 0.6 is 0 Å². The van der Waals surface area contributed by atoms with Gasteiger partial charge in [-0.2, -0.15) is 0 Å². The molecule has 90 valence electrons. The molecule has 1 nitrogen and oxygen atoms in total. The lowest BCUT2D eigenvalue weighted by molar-refractivity contribution is 0.537. The zero-order valence-electron chi connectivity index (χ0n) is 11.2. The van der Waals surface area contributed by atoms with E-state index in [2.05, 4.69) is 45.2 Å². The minimum Gasteiger partial charge on any atom is -0.544 e. The van der Waals surface area contributed by atoms with Crippen molar-refractivity contribution in [2.75, 3.05) is 0 Å². The molecule has 0 aliphatic heterocycles. The molecule has 1 atom stereocenters. The largest absolute Gasteiger partial charge is 0.544 e. The van der Waals surface area contributed by atoms with Crippen molar-refractivity contribution in [1.29, 1.82) is 0 Å². The van der Waals surface area contributed by atoms with Gasteiger partial charge in [0.15, 0.2) is 0 Å². The van der Waals surface area contributed by atoms with Gasteiger partial charge in [0.2, 0.25) is 8.32 Å². The summed E-state index contributed by atoms with van der Waals surface area (Å²) in [5.41, 5.74) is 0. The van der Waals surface area contributed by atoms with Crippen LogP contribution in [0.1, 0.15) is 13.3 Å². The van der Waals surface area contributed by atoms with Gasteiger partial charge in [0.1, 0.15) is 5.75 Å². The van der Waals surface area contributed by atoms with Crippen LogP contribution in [-0.4, -0.2) is 17.1 Å². The second kappa shape index (κ2) is 5.68. The van der Waals surface area contributed by atoms with Gasteiger partial charge >= 0.3 is 0 Å². The summed E-state index contributed by atoms with van der Waals surface area (Å²) in [5, 5.41) is 0.854. The second-order valence-corrected chi connectivity index (χ2v) is 13.4. The molecular weight excluding hydrogens is 228 g/mol. The van der Waals surface area contributed by atoms with Crippen LogP contribution in [0.5, 0.6) is 5.75 Å². The Bertz CT molecular complexity index is 309. The Morgan fingerprint density at radius 2 is 1.75 bits per heavy atom. The van der Waals surface area contributed by atoms with Crippen LogP contribution in [-0.2, 0) is 0 Å². The summed E-state index contributed by atoms with van der Waals surface area (Å²) >= 11 is 0. The highest BCUT2D eigenvalue weighted by atomic mass is 28.4. The lowest BCUT2D eigenvalue weighted by Crippen LogP contribution is -2.44. The Labute approximate surface area is 103 Å². The van der Waals surface area contributed by atoms with Crippen molar-refractivity contribution in [2.45, 2.75) is 44.7 Å². The van der Waals surface area contributed by atoms with Crippen molar-refractivity contribution in [3.05, 3.63) is 30.3 Å². The first-order chi connectivity index (χ1) is 7.47. The summed E-state index contributed by atoms with van der Waals surface area (Å²) in [7, 11) is -2.19. The second-order valence-electron chi connectivity index (χ2n) is 5.28. The Morgan fingerprint density at radius 1 is 1.19 bits per heavy atom. The maximum absolute atomic E-state index is 6.29. The topological polar surface area (TPSA) is 9.23 Å². The fourth-order valence-corrected chi connectivity index (χ4v) is 12.1. The molecule has 16 heavy (non-hydrogen) atoms. The highest BCUT2D eigenvalue weighted by molar-refractivity contribution is 6.86. The van der Waals surface area contributed by atoms with Gasteiger partial charge in [0.25, 0.3) is 0 Å². The minimum absolute atomic E-state index is 0.615. The van der Waals surface area contributed by atoms with Crippen molar-refractivity contribution < 1.29 is 4.43 Å². The van der Waals surface area contributed by atoms with Gasteiger partial charge < -0.3 is 4.43 Å². The van der Waals surface area contributed by atoms with Gasteiger partial charge in [-0.05, 0) is 30.4 Å². The van der Waals surface area contributed by atoms with E-state index in [1.807, 2.05) is 18.2 Å². The highest BCUT2D eigenvalue weighted by Crippen LogP contribution is 2.30. The summed E-state index contributed by atoms with van der Waals surface area (Å²) in [5.74, 6) is 1.05. The number of benzene rings is 1. The molecule has 1 rings (SSSR count). The molecule has 0 N–H and O–H groups in total. The van der Waals surface area contributed by atoms with E-state index in [1.165, 1.54) is 6.42 Å². The molecular formula is C13H24OSi2. The summed E-state index contributed by atoms with van der Waals surface area (Å²) in [6, 6.07) is 10.3. The molecule has 0 aromatic heterocycles. The fraction of sp³-hybridized carbons (Fsp3) is 0.538. The number of rotatable bonds is 5. The zero-order chi connectivity index (χ0) is 12.2. The van der Waals surface area contributed by atoms with Gasteiger partial charge in [-0.15, -0.1) is 0 Å². The molecule has 0 aliphatic carbocycles. The summed E-state index contributed by atoms with van der Waals surface area (Å²) in [6.45, 7) is 11.9. The molecule has 0 spiro atoms. The van der Waals surface area contributed by atoms with Crippen molar-refractivity contribution in [1.82, 2.24) is 0 Å². The first-order valence-electron chi connectivity index (χ1n) is 6.21. The van der Waals surface area contributed by atoms with E-state index >= 15 is 0 Å². The van der Waals surface area contributed by atoms with Crippen molar-refractivity contribution >= 4 is 17.1 Å². The number of hydrogen-bond donors (Lipinski definition) is 0. The van der Waals surface area contributed by atoms with Crippen LogP contribution in [0.25, 0.3) is 0 Å². The molecule has 0 radical (unpaired) electrons. The van der Waals surface area contributed by atoms with Crippen LogP contribution in [0.4, 0.5) is 0 Å². The lowest BCUT2D eigenvalue weighted by atomic mass is 10.3. The first-order valence-corrected chi connectivity index (χ1v) is 12.2. The average Bonchev–Trinajstić information content (AvgIpc) is 2.18. The molecule has 0 saturated heterocycles. The monoisotopic (exact) mass is 252 g/mol. The normalized spacial score (nSPS) is 13.9. The van der Waals surface area contributed by atoms with E-state index in [0.29, 0.717) is 0 Å². The highest BCUT2D eigenvalue weighted by Gasteiger charge is 2.36. The SMILES string of the molecule is CCC([SiH](C)C)[Si](C)(C)Oc1ccccc1. The summed E-state index contributed by atoms with van der Waals surface area (Å²) in [6.07, 6.45) is 1.27. The molecule has 1 unspecified atom stereocenters. The quantitative estimate of drug-likeness (QED) is 0.718. The molecule has 0 bridgehead atoms. The summed E-state index contributed by atoms with van der Waals surface area (Å²) in [4.78, 5) is 0. The third-order valence-electron chi connectivity index (χ3n) is 3.26. The van der Waals surface area contributed by atoms with Gasteiger partial charge in [-0.1, -0.05) is 44.6 Å². The van der Waals surface area contributed by atoms with Crippen LogP contribution in [0.15, 0.2) is 30.3 Å². The third kappa shape index (κ3) is 3.49. The molecule has 0 heterocycles. The molecule has 3 heteroatoms. The van der Waals surface area contributed by atoms with E-state index < -0.39 is 17.1 Å². The smallest absolute Gasteiger partial charge is 0.245 e. The van der Waals surface area contributed by atoms with Crippen molar-refractivity contribution in [2.24, 2.45) is 0 Å². The van der Waals surface area contributed by atoms with Crippen molar-refractivity contribution in [3.63, 3.8) is 0 Å². The van der Waals surface area contributed by atoms with E-state index in [-0.39, 0.29) is 0 Å². The van der Waals surface area contributed by atoms with Crippen LogP contribution < -0.4 is 4.43 Å². The Morgan fingerprint density at radius 3 is 2.19 bits per heavy atom. The van der Waals surface area contributed by atoms with Crippen LogP contribution in [0.2, 0.25) is 31.4 Å². The molecule has 1 aromatic rings. The Balaban J connectivity index is 2.77.